The van der Waals surface area contributed by atoms with Crippen LogP contribution in [0.2, 0.25) is 0 Å². The summed E-state index contributed by atoms with van der Waals surface area (Å²) in [5.41, 5.74) is 6.48. The van der Waals surface area contributed by atoms with E-state index in [9.17, 15) is 4.79 Å². The van der Waals surface area contributed by atoms with E-state index in [1.165, 1.54) is 0 Å². The third-order valence-electron chi connectivity index (χ3n) is 1.68. The molecular weight excluding hydrogens is 324 g/mol. The molecule has 0 heterocycles. The van der Waals surface area contributed by atoms with Crippen LogP contribution < -0.4 is 5.73 Å². The Morgan fingerprint density at radius 1 is 1.38 bits per heavy atom. The Bertz CT molecular complexity index is 289. The summed E-state index contributed by atoms with van der Waals surface area (Å²) < 4.78 is 3.99. The van der Waals surface area contributed by atoms with Crippen molar-refractivity contribution in [2.75, 3.05) is 0 Å². The summed E-state index contributed by atoms with van der Waals surface area (Å²) in [6, 6.07) is 8.75. The number of halogens is 1. The molecule has 7 heteroatoms. The van der Waals surface area contributed by atoms with Gasteiger partial charge in [0.05, 0.1) is 0 Å². The molecule has 1 atom stereocenters. The van der Waals surface area contributed by atoms with Crippen molar-refractivity contribution in [1.29, 1.82) is 0 Å². The Labute approximate surface area is 129 Å². The van der Waals surface area contributed by atoms with E-state index in [4.69, 9.17) is 17.6 Å². The summed E-state index contributed by atoms with van der Waals surface area (Å²) in [7, 11) is 0. The summed E-state index contributed by atoms with van der Waals surface area (Å²) in [5.74, 6) is -0.606. The molecule has 1 aromatic rings. The van der Waals surface area contributed by atoms with Gasteiger partial charge in [-0.2, -0.15) is 0 Å². The van der Waals surface area contributed by atoms with Gasteiger partial charge in [-0.05, 0) is 12.0 Å². The Hall–Kier alpha value is 0.316. The maximum Gasteiger partial charge on any atom is 0.341 e. The molecule has 0 aliphatic rings. The molecule has 88 valence electrons. The van der Waals surface area contributed by atoms with Crippen molar-refractivity contribution in [3.63, 3.8) is 0 Å². The number of hydrogen-bond donors (Lipinski definition) is 1. The Morgan fingerprint density at radius 2 is 1.88 bits per heavy atom. The van der Waals surface area contributed by atoms with Crippen molar-refractivity contribution < 1.29 is 40.8 Å². The third-order valence-corrected chi connectivity index (χ3v) is 1.83. The van der Waals surface area contributed by atoms with Gasteiger partial charge in [0.2, 0.25) is 0 Å². The number of benzene rings is 1. The van der Waals surface area contributed by atoms with Crippen molar-refractivity contribution in [3.8, 4) is 0 Å². The van der Waals surface area contributed by atoms with E-state index in [0.29, 0.717) is 6.42 Å². The molecule has 16 heavy (non-hydrogen) atoms. The molecule has 0 aliphatic carbocycles. The van der Waals surface area contributed by atoms with Gasteiger partial charge in [0.25, 0.3) is 0 Å². The SMILES string of the molecule is N[C@@H](Cc1ccccc1)C(=O)OCl.O.[AlH3].[Zr]. The van der Waals surface area contributed by atoms with Gasteiger partial charge in [-0.3, -0.25) is 0 Å². The van der Waals surface area contributed by atoms with Crippen LogP contribution in [0.4, 0.5) is 0 Å². The first-order valence-electron chi connectivity index (χ1n) is 3.86. The Morgan fingerprint density at radius 3 is 2.31 bits per heavy atom. The maximum absolute atomic E-state index is 10.8. The van der Waals surface area contributed by atoms with E-state index in [0.717, 1.165) is 5.56 Å². The molecule has 4 nitrogen and oxygen atoms in total. The minimum atomic E-state index is -0.695. The summed E-state index contributed by atoms with van der Waals surface area (Å²) in [6.07, 6.45) is 0.437. The first-order chi connectivity index (χ1) is 6.24. The van der Waals surface area contributed by atoms with Gasteiger partial charge in [0.1, 0.15) is 17.9 Å². The van der Waals surface area contributed by atoms with Crippen LogP contribution in [-0.2, 0) is 41.7 Å². The average Bonchev–Trinajstić information content (AvgIpc) is 2.18. The second-order valence-electron chi connectivity index (χ2n) is 2.69. The van der Waals surface area contributed by atoms with Crippen LogP contribution in [0.1, 0.15) is 5.56 Å². The van der Waals surface area contributed by atoms with Gasteiger partial charge in [-0.15, -0.1) is 0 Å². The number of hydrogen-bond acceptors (Lipinski definition) is 3. The van der Waals surface area contributed by atoms with E-state index in [2.05, 4.69) is 4.29 Å². The van der Waals surface area contributed by atoms with E-state index in [1.54, 1.807) is 0 Å². The molecular formula is C9H15AlClNO3Zr. The fraction of sp³-hybridized carbons (Fsp3) is 0.222. The van der Waals surface area contributed by atoms with E-state index in [1.807, 2.05) is 30.3 Å². The minimum absolute atomic E-state index is 0. The molecule has 0 spiro atoms. The molecule has 0 aromatic heterocycles. The van der Waals surface area contributed by atoms with Crippen molar-refractivity contribution in [3.05, 3.63) is 35.9 Å². The number of carbonyl (C=O) groups is 1. The maximum atomic E-state index is 10.8. The van der Waals surface area contributed by atoms with E-state index >= 15 is 0 Å². The molecule has 0 radical (unpaired) electrons. The molecule has 0 aliphatic heterocycles. The summed E-state index contributed by atoms with van der Waals surface area (Å²) in [4.78, 5) is 10.8. The summed E-state index contributed by atoms with van der Waals surface area (Å²) in [6.45, 7) is 0. The zero-order valence-corrected chi connectivity index (χ0v) is 11.2. The number of nitrogens with two attached hydrogens (primary N) is 1. The minimum Gasteiger partial charge on any atom is -0.412 e. The van der Waals surface area contributed by atoms with Gasteiger partial charge in [-0.1, -0.05) is 30.3 Å². The van der Waals surface area contributed by atoms with Gasteiger partial charge < -0.3 is 15.5 Å². The summed E-state index contributed by atoms with van der Waals surface area (Å²) >= 11 is 4.88. The zero-order valence-electron chi connectivity index (χ0n) is 7.94. The van der Waals surface area contributed by atoms with Crippen molar-refractivity contribution >= 4 is 35.2 Å². The van der Waals surface area contributed by atoms with Gasteiger partial charge >= 0.3 is 5.97 Å². The molecule has 1 aromatic carbocycles. The van der Waals surface area contributed by atoms with Crippen molar-refractivity contribution in [2.45, 2.75) is 12.5 Å². The quantitative estimate of drug-likeness (QED) is 0.735. The predicted molar refractivity (Wildman–Crippen MR) is 63.6 cm³/mol. The molecule has 4 N–H and O–H groups in total. The van der Waals surface area contributed by atoms with Crippen LogP contribution in [0.25, 0.3) is 0 Å². The molecule has 1 rings (SSSR count). The normalized spacial score (nSPS) is 9.88. The molecule has 0 saturated carbocycles. The van der Waals surface area contributed by atoms with Crippen LogP contribution in [0, 0.1) is 0 Å². The number of rotatable bonds is 3. The second kappa shape index (κ2) is 11.8. The Kier molecular flexibility index (Phi) is 15.9. The molecule has 0 amide bonds. The van der Waals surface area contributed by atoms with Gasteiger partial charge in [0.15, 0.2) is 17.4 Å². The molecule has 0 fully saturated rings. The Balaban J connectivity index is -0.000000563. The smallest absolute Gasteiger partial charge is 0.341 e. The largest absolute Gasteiger partial charge is 0.412 e. The molecule has 0 unspecified atom stereocenters. The van der Waals surface area contributed by atoms with Crippen LogP contribution in [0.5, 0.6) is 0 Å². The second-order valence-corrected chi connectivity index (χ2v) is 2.85. The van der Waals surface area contributed by atoms with Crippen LogP contribution in [0.3, 0.4) is 0 Å². The summed E-state index contributed by atoms with van der Waals surface area (Å²) in [5, 5.41) is 0. The third kappa shape index (κ3) is 7.57. The number of carbonyl (C=O) groups excluding carboxylic acids is 1. The van der Waals surface area contributed by atoms with Gasteiger partial charge in [0, 0.05) is 26.2 Å². The first kappa shape index (κ1) is 21.6. The zero-order chi connectivity index (χ0) is 9.68. The van der Waals surface area contributed by atoms with E-state index in [-0.39, 0.29) is 49.0 Å². The van der Waals surface area contributed by atoms with Gasteiger partial charge in [-0.25, -0.2) is 4.79 Å². The monoisotopic (exact) mass is 337 g/mol. The first-order valence-corrected chi connectivity index (χ1v) is 4.17. The standard InChI is InChI=1S/C9H10ClNO2.Al.H2O.Zr.3H/c10-13-9(12)8(11)6-7-4-2-1-3-5-7;;;;;;/h1-5,8H,6,11H2;;1H2;;;;/t8-;;;;;;/m0....../s1. The molecule has 0 saturated heterocycles. The fourth-order valence-electron chi connectivity index (χ4n) is 1.01. The average molecular weight is 339 g/mol. The van der Waals surface area contributed by atoms with Crippen LogP contribution in [-0.4, -0.2) is 34.8 Å². The van der Waals surface area contributed by atoms with Crippen LogP contribution >= 0.6 is 11.9 Å². The molecule has 0 bridgehead atoms. The fourth-order valence-corrected chi connectivity index (χ4v) is 1.12. The van der Waals surface area contributed by atoms with Crippen LogP contribution in [0.15, 0.2) is 30.3 Å². The van der Waals surface area contributed by atoms with Crippen molar-refractivity contribution in [2.24, 2.45) is 5.73 Å². The van der Waals surface area contributed by atoms with Crippen molar-refractivity contribution in [1.82, 2.24) is 0 Å². The van der Waals surface area contributed by atoms with E-state index < -0.39 is 12.0 Å². The topological polar surface area (TPSA) is 83.8 Å². The predicted octanol–water partition coefficient (Wildman–Crippen LogP) is -0.758.